The zero-order valence-corrected chi connectivity index (χ0v) is 14.1. The van der Waals surface area contributed by atoms with E-state index in [2.05, 4.69) is 0 Å². The minimum absolute atomic E-state index is 0.00277. The lowest BCUT2D eigenvalue weighted by Crippen LogP contribution is -2.31. The second-order valence-electron chi connectivity index (χ2n) is 5.89. The van der Waals surface area contributed by atoms with Gasteiger partial charge in [-0.15, -0.1) is 11.3 Å². The van der Waals surface area contributed by atoms with Crippen molar-refractivity contribution in [1.29, 1.82) is 0 Å². The average molecular weight is 351 g/mol. The molecule has 3 rings (SSSR count). The summed E-state index contributed by atoms with van der Waals surface area (Å²) in [7, 11) is 0. The molecule has 0 spiro atoms. The van der Waals surface area contributed by atoms with Gasteiger partial charge in [-0.2, -0.15) is 0 Å². The molecule has 1 aliphatic heterocycles. The van der Waals surface area contributed by atoms with Crippen molar-refractivity contribution in [3.05, 3.63) is 51.7 Å². The summed E-state index contributed by atoms with van der Waals surface area (Å²) in [6.07, 6.45) is 4.46. The standard InChI is InChI=1S/C18H19F2NO2S/c19-14-5-6-16(15(20)10-14)23-11-13-9-17(24-12-13)18(22)21-7-3-1-2-4-8-21/h5-6,9-10,12H,1-4,7-8,11H2. The summed E-state index contributed by atoms with van der Waals surface area (Å²) in [5.74, 6) is -1.31. The van der Waals surface area contributed by atoms with Crippen LogP contribution in [0.2, 0.25) is 0 Å². The average Bonchev–Trinajstić information content (AvgIpc) is 2.87. The van der Waals surface area contributed by atoms with Gasteiger partial charge < -0.3 is 9.64 Å². The molecule has 1 aromatic heterocycles. The number of hydrogen-bond donors (Lipinski definition) is 0. The number of likely N-dealkylation sites (tertiary alicyclic amines) is 1. The maximum atomic E-state index is 13.5. The largest absolute Gasteiger partial charge is 0.486 e. The SMILES string of the molecule is O=C(c1cc(COc2ccc(F)cc2F)cs1)N1CCCCCC1. The zero-order valence-electron chi connectivity index (χ0n) is 13.3. The molecule has 0 atom stereocenters. The minimum atomic E-state index is -0.730. The van der Waals surface area contributed by atoms with Gasteiger partial charge in [0.2, 0.25) is 0 Å². The zero-order chi connectivity index (χ0) is 16.9. The lowest BCUT2D eigenvalue weighted by Gasteiger charge is -2.19. The highest BCUT2D eigenvalue weighted by Crippen LogP contribution is 2.22. The Morgan fingerprint density at radius 3 is 2.58 bits per heavy atom. The Morgan fingerprint density at radius 1 is 1.12 bits per heavy atom. The highest BCUT2D eigenvalue weighted by Gasteiger charge is 2.19. The number of ether oxygens (including phenoxy) is 1. The fraction of sp³-hybridized carbons (Fsp3) is 0.389. The van der Waals surface area contributed by atoms with Gasteiger partial charge in [0.15, 0.2) is 11.6 Å². The van der Waals surface area contributed by atoms with Crippen molar-refractivity contribution in [2.24, 2.45) is 0 Å². The molecule has 1 saturated heterocycles. The quantitative estimate of drug-likeness (QED) is 0.804. The van der Waals surface area contributed by atoms with Gasteiger partial charge in [-0.1, -0.05) is 12.8 Å². The van der Waals surface area contributed by atoms with Crippen LogP contribution in [0, 0.1) is 11.6 Å². The highest BCUT2D eigenvalue weighted by molar-refractivity contribution is 7.12. The third-order valence-corrected chi connectivity index (χ3v) is 5.01. The first-order valence-corrected chi connectivity index (χ1v) is 8.96. The predicted octanol–water partition coefficient (Wildman–Crippen LogP) is 4.62. The van der Waals surface area contributed by atoms with Crippen LogP contribution in [-0.4, -0.2) is 23.9 Å². The van der Waals surface area contributed by atoms with Crippen LogP contribution in [0.5, 0.6) is 5.75 Å². The number of nitrogens with zero attached hydrogens (tertiary/aromatic N) is 1. The molecule has 0 saturated carbocycles. The molecule has 0 N–H and O–H groups in total. The van der Waals surface area contributed by atoms with Crippen LogP contribution in [0.4, 0.5) is 8.78 Å². The molecule has 0 aliphatic carbocycles. The van der Waals surface area contributed by atoms with Crippen molar-refractivity contribution in [3.8, 4) is 5.75 Å². The van der Waals surface area contributed by atoms with Crippen LogP contribution in [0.1, 0.15) is 40.9 Å². The van der Waals surface area contributed by atoms with Crippen LogP contribution >= 0.6 is 11.3 Å². The number of carbonyl (C=O) groups excluding carboxylic acids is 1. The van der Waals surface area contributed by atoms with Gasteiger partial charge in [0.05, 0.1) is 4.88 Å². The van der Waals surface area contributed by atoms with Crippen molar-refractivity contribution in [1.82, 2.24) is 4.90 Å². The second-order valence-corrected chi connectivity index (χ2v) is 6.80. The number of carbonyl (C=O) groups is 1. The minimum Gasteiger partial charge on any atom is -0.486 e. The van der Waals surface area contributed by atoms with Crippen molar-refractivity contribution in [2.75, 3.05) is 13.1 Å². The molecule has 1 amide bonds. The van der Waals surface area contributed by atoms with Crippen molar-refractivity contribution in [3.63, 3.8) is 0 Å². The first kappa shape index (κ1) is 16.9. The summed E-state index contributed by atoms with van der Waals surface area (Å²) in [6.45, 7) is 1.76. The van der Waals surface area contributed by atoms with E-state index in [0.717, 1.165) is 43.6 Å². The molecule has 0 bridgehead atoms. The molecule has 2 heterocycles. The van der Waals surface area contributed by atoms with Crippen molar-refractivity contribution in [2.45, 2.75) is 32.3 Å². The summed E-state index contributed by atoms with van der Waals surface area (Å²) in [5, 5.41) is 1.84. The van der Waals surface area contributed by atoms with Crippen molar-refractivity contribution < 1.29 is 18.3 Å². The topological polar surface area (TPSA) is 29.5 Å². The molecule has 128 valence electrons. The van der Waals surface area contributed by atoms with Gasteiger partial charge >= 0.3 is 0 Å². The summed E-state index contributed by atoms with van der Waals surface area (Å²) < 4.78 is 31.8. The van der Waals surface area contributed by atoms with E-state index in [9.17, 15) is 13.6 Å². The molecule has 3 nitrogen and oxygen atoms in total. The fourth-order valence-corrected chi connectivity index (χ4v) is 3.61. The number of amides is 1. The third kappa shape index (κ3) is 4.12. The predicted molar refractivity (Wildman–Crippen MR) is 89.4 cm³/mol. The van der Waals surface area contributed by atoms with Crippen LogP contribution in [0.15, 0.2) is 29.6 Å². The fourth-order valence-electron chi connectivity index (χ4n) is 2.75. The van der Waals surface area contributed by atoms with E-state index in [1.165, 1.54) is 30.2 Å². The summed E-state index contributed by atoms with van der Waals surface area (Å²) in [6, 6.07) is 5.00. The van der Waals surface area contributed by atoms with E-state index in [1.807, 2.05) is 10.3 Å². The highest BCUT2D eigenvalue weighted by atomic mass is 32.1. The Morgan fingerprint density at radius 2 is 1.88 bits per heavy atom. The van der Waals surface area contributed by atoms with E-state index in [-0.39, 0.29) is 18.3 Å². The Kier molecular flexibility index (Phi) is 5.45. The summed E-state index contributed by atoms with van der Waals surface area (Å²) in [5.41, 5.74) is 0.807. The van der Waals surface area contributed by atoms with Gasteiger partial charge in [-0.25, -0.2) is 8.78 Å². The van der Waals surface area contributed by atoms with E-state index in [4.69, 9.17) is 4.74 Å². The van der Waals surface area contributed by atoms with Crippen LogP contribution in [-0.2, 0) is 6.61 Å². The number of hydrogen-bond acceptors (Lipinski definition) is 3. The summed E-state index contributed by atoms with van der Waals surface area (Å²) >= 11 is 1.37. The van der Waals surface area contributed by atoms with E-state index in [0.29, 0.717) is 4.88 Å². The van der Waals surface area contributed by atoms with Crippen LogP contribution in [0.3, 0.4) is 0 Å². The Bertz CT molecular complexity index is 709. The van der Waals surface area contributed by atoms with Gasteiger partial charge in [0, 0.05) is 24.7 Å². The third-order valence-electron chi connectivity index (χ3n) is 4.05. The molecule has 1 fully saturated rings. The monoisotopic (exact) mass is 351 g/mol. The maximum Gasteiger partial charge on any atom is 0.263 e. The number of halogens is 2. The van der Waals surface area contributed by atoms with Crippen LogP contribution in [0.25, 0.3) is 0 Å². The first-order chi connectivity index (χ1) is 11.6. The molecular formula is C18H19F2NO2S. The van der Waals surface area contributed by atoms with Gasteiger partial charge in [0.25, 0.3) is 5.91 Å². The summed E-state index contributed by atoms with van der Waals surface area (Å²) in [4.78, 5) is 15.1. The molecule has 1 aromatic carbocycles. The molecule has 6 heteroatoms. The molecule has 24 heavy (non-hydrogen) atoms. The Balaban J connectivity index is 1.61. The number of benzene rings is 1. The Labute approximate surface area is 143 Å². The van der Waals surface area contributed by atoms with Crippen LogP contribution < -0.4 is 4.74 Å². The molecular weight excluding hydrogens is 332 g/mol. The first-order valence-electron chi connectivity index (χ1n) is 8.08. The van der Waals surface area contributed by atoms with E-state index >= 15 is 0 Å². The lowest BCUT2D eigenvalue weighted by molar-refractivity contribution is 0.0766. The lowest BCUT2D eigenvalue weighted by atomic mass is 10.2. The Hall–Kier alpha value is -1.95. The second kappa shape index (κ2) is 7.75. The van der Waals surface area contributed by atoms with Gasteiger partial charge in [-0.05, 0) is 36.4 Å². The number of rotatable bonds is 4. The maximum absolute atomic E-state index is 13.5. The normalized spacial score (nSPS) is 15.2. The molecule has 0 radical (unpaired) electrons. The van der Waals surface area contributed by atoms with Gasteiger partial charge in [0.1, 0.15) is 12.4 Å². The van der Waals surface area contributed by atoms with Crippen molar-refractivity contribution >= 4 is 17.2 Å². The molecule has 0 unspecified atom stereocenters. The van der Waals surface area contributed by atoms with E-state index < -0.39 is 11.6 Å². The number of thiophene rings is 1. The molecule has 2 aromatic rings. The smallest absolute Gasteiger partial charge is 0.263 e. The van der Waals surface area contributed by atoms with E-state index in [1.54, 1.807) is 6.07 Å². The van der Waals surface area contributed by atoms with Gasteiger partial charge in [-0.3, -0.25) is 4.79 Å². The molecule has 1 aliphatic rings.